The molecular formula is C30H31Cl2F2N7O. The van der Waals surface area contributed by atoms with Gasteiger partial charge in [0, 0.05) is 54.8 Å². The number of hydrogen-bond donors (Lipinski definition) is 2. The maximum atomic E-state index is 13.4. The third-order valence-corrected chi connectivity index (χ3v) is 8.72. The fourth-order valence-electron chi connectivity index (χ4n) is 5.78. The number of benzene rings is 2. The number of halogens is 4. The van der Waals surface area contributed by atoms with E-state index in [4.69, 9.17) is 28.2 Å². The number of imidazole rings is 1. The van der Waals surface area contributed by atoms with Crippen molar-refractivity contribution in [3.8, 4) is 17.1 Å². The maximum Gasteiger partial charge on any atom is 0.315 e. The molecule has 0 bridgehead atoms. The second-order valence-electron chi connectivity index (χ2n) is 11.0. The zero-order valence-corrected chi connectivity index (χ0v) is 24.4. The highest BCUT2D eigenvalue weighted by molar-refractivity contribution is 6.33. The second kappa shape index (κ2) is 12.0. The Balaban J connectivity index is 1.17. The lowest BCUT2D eigenvalue weighted by molar-refractivity contribution is -0.0451. The van der Waals surface area contributed by atoms with Crippen LogP contribution in [0.1, 0.15) is 38.5 Å². The molecule has 2 fully saturated rings. The molecule has 2 aliphatic rings. The third-order valence-electron chi connectivity index (χ3n) is 8.14. The summed E-state index contributed by atoms with van der Waals surface area (Å²) >= 11 is 12.8. The molecule has 2 aromatic carbocycles. The van der Waals surface area contributed by atoms with Gasteiger partial charge in [0.1, 0.15) is 12.2 Å². The molecule has 0 radical (unpaired) electrons. The second-order valence-corrected chi connectivity index (χ2v) is 11.9. The third kappa shape index (κ3) is 6.15. The van der Waals surface area contributed by atoms with Gasteiger partial charge in [0.25, 0.3) is 0 Å². The van der Waals surface area contributed by atoms with Gasteiger partial charge >= 0.3 is 6.03 Å². The fraction of sp³-hybridized carbons (Fsp3) is 0.400. The van der Waals surface area contributed by atoms with Crippen molar-refractivity contribution in [3.63, 3.8) is 0 Å². The smallest absolute Gasteiger partial charge is 0.315 e. The summed E-state index contributed by atoms with van der Waals surface area (Å²) < 4.78 is 28.8. The summed E-state index contributed by atoms with van der Waals surface area (Å²) in [5.41, 5.74) is 2.92. The Morgan fingerprint density at radius 2 is 1.69 bits per heavy atom. The van der Waals surface area contributed by atoms with Crippen molar-refractivity contribution in [1.82, 2.24) is 30.2 Å². The number of carbonyl (C=O) groups is 1. The Morgan fingerprint density at radius 3 is 2.40 bits per heavy atom. The van der Waals surface area contributed by atoms with Crippen molar-refractivity contribution in [3.05, 3.63) is 64.9 Å². The largest absolute Gasteiger partial charge is 0.355 e. The molecule has 0 unspecified atom stereocenters. The van der Waals surface area contributed by atoms with E-state index in [1.165, 1.54) is 0 Å². The van der Waals surface area contributed by atoms with Crippen LogP contribution in [0.3, 0.4) is 0 Å². The molecule has 1 aliphatic carbocycles. The van der Waals surface area contributed by atoms with Crippen molar-refractivity contribution in [2.24, 2.45) is 5.92 Å². The highest BCUT2D eigenvalue weighted by Crippen LogP contribution is 2.37. The quantitative estimate of drug-likeness (QED) is 0.247. The molecule has 2 N–H and O–H groups in total. The number of fused-ring (bicyclic) bond motifs is 1. The summed E-state index contributed by atoms with van der Waals surface area (Å²) in [5.74, 6) is -1.10. The molecule has 3 heterocycles. The number of anilines is 1. The molecule has 1 saturated carbocycles. The Bertz CT molecular complexity index is 1560. The van der Waals surface area contributed by atoms with Crippen molar-refractivity contribution in [2.75, 3.05) is 24.5 Å². The molecule has 4 aromatic rings. The molecule has 1 saturated heterocycles. The number of amides is 2. The lowest BCUT2D eigenvalue weighted by atomic mass is 9.87. The van der Waals surface area contributed by atoms with E-state index in [-0.39, 0.29) is 30.8 Å². The molecule has 0 atom stereocenters. The van der Waals surface area contributed by atoms with E-state index in [1.54, 1.807) is 6.33 Å². The van der Waals surface area contributed by atoms with Crippen LogP contribution in [-0.4, -0.2) is 57.1 Å². The number of carbonyl (C=O) groups excluding carboxylic acids is 1. The van der Waals surface area contributed by atoms with Gasteiger partial charge in [-0.15, -0.1) is 0 Å². The van der Waals surface area contributed by atoms with Crippen LogP contribution < -0.4 is 15.5 Å². The van der Waals surface area contributed by atoms with Crippen LogP contribution in [0.2, 0.25) is 10.0 Å². The van der Waals surface area contributed by atoms with Gasteiger partial charge in [-0.2, -0.15) is 0 Å². The summed E-state index contributed by atoms with van der Waals surface area (Å²) in [4.78, 5) is 28.9. The number of nitrogens with one attached hydrogen (secondary N) is 2. The van der Waals surface area contributed by atoms with Gasteiger partial charge in [-0.05, 0) is 68.0 Å². The predicted octanol–water partition coefficient (Wildman–Crippen LogP) is 6.88. The average Bonchev–Trinajstić information content (AvgIpc) is 3.37. The van der Waals surface area contributed by atoms with Crippen LogP contribution in [-0.2, 0) is 0 Å². The average molecular weight is 615 g/mol. The van der Waals surface area contributed by atoms with Crippen molar-refractivity contribution in [1.29, 1.82) is 0 Å². The molecule has 12 heteroatoms. The van der Waals surface area contributed by atoms with Gasteiger partial charge in [-0.3, -0.25) is 4.57 Å². The lowest BCUT2D eigenvalue weighted by Crippen LogP contribution is -2.49. The first-order valence-electron chi connectivity index (χ1n) is 14.2. The van der Waals surface area contributed by atoms with Crippen molar-refractivity contribution in [2.45, 2.75) is 50.5 Å². The van der Waals surface area contributed by atoms with Gasteiger partial charge in [-0.25, -0.2) is 28.5 Å². The van der Waals surface area contributed by atoms with Gasteiger partial charge in [0.05, 0.1) is 5.02 Å². The highest BCUT2D eigenvalue weighted by Gasteiger charge is 2.35. The Morgan fingerprint density at radius 1 is 0.976 bits per heavy atom. The first-order chi connectivity index (χ1) is 20.3. The normalized spacial score (nSPS) is 17.9. The van der Waals surface area contributed by atoms with E-state index >= 15 is 0 Å². The molecule has 1 aliphatic heterocycles. The topological polar surface area (TPSA) is 88.0 Å². The number of aromatic nitrogens is 4. The molecule has 0 spiro atoms. The van der Waals surface area contributed by atoms with Crippen molar-refractivity contribution < 1.29 is 13.6 Å². The van der Waals surface area contributed by atoms with Gasteiger partial charge in [0.15, 0.2) is 17.0 Å². The minimum atomic E-state index is -2.56. The number of urea groups is 1. The first-order valence-corrected chi connectivity index (χ1v) is 14.9. The number of nitrogens with zero attached hydrogens (tertiary/aromatic N) is 5. The molecule has 42 heavy (non-hydrogen) atoms. The van der Waals surface area contributed by atoms with E-state index in [0.29, 0.717) is 59.5 Å². The van der Waals surface area contributed by atoms with Gasteiger partial charge < -0.3 is 15.5 Å². The standard InChI is InChI=1S/C30H31Cl2F2N7O/c31-20-5-7-22(8-6-20)41-26(23-3-1-2-4-24(23)32)39-25-27(36-18-37-28(25)41)40-15-11-21(12-16-40)38-29(42)35-17-19-9-13-30(33,34)14-10-19/h1-8,18-19,21H,9-17H2,(H2,35,38,42). The maximum absolute atomic E-state index is 13.4. The van der Waals surface area contributed by atoms with Crippen LogP contribution in [0.15, 0.2) is 54.9 Å². The minimum Gasteiger partial charge on any atom is -0.355 e. The van der Waals surface area contributed by atoms with E-state index in [9.17, 15) is 13.6 Å². The summed E-state index contributed by atoms with van der Waals surface area (Å²) in [6.07, 6.45) is 3.66. The van der Waals surface area contributed by atoms with E-state index < -0.39 is 5.92 Å². The zero-order valence-electron chi connectivity index (χ0n) is 22.9. The van der Waals surface area contributed by atoms with E-state index in [0.717, 1.165) is 29.9 Å². The summed E-state index contributed by atoms with van der Waals surface area (Å²) in [7, 11) is 0. The monoisotopic (exact) mass is 613 g/mol. The van der Waals surface area contributed by atoms with Gasteiger partial charge in [-0.1, -0.05) is 35.3 Å². The lowest BCUT2D eigenvalue weighted by Gasteiger charge is -2.33. The van der Waals surface area contributed by atoms with Crippen LogP contribution in [0.5, 0.6) is 0 Å². The molecule has 220 valence electrons. The highest BCUT2D eigenvalue weighted by atomic mass is 35.5. The molecule has 2 amide bonds. The Kier molecular flexibility index (Phi) is 8.18. The number of piperidine rings is 1. The molecular weight excluding hydrogens is 583 g/mol. The number of hydrogen-bond acceptors (Lipinski definition) is 5. The Labute approximate surface area is 252 Å². The van der Waals surface area contributed by atoms with Crippen LogP contribution >= 0.6 is 23.2 Å². The zero-order chi connectivity index (χ0) is 29.3. The van der Waals surface area contributed by atoms with Crippen LogP contribution in [0.25, 0.3) is 28.2 Å². The Hall–Kier alpha value is -3.50. The van der Waals surface area contributed by atoms with Crippen LogP contribution in [0, 0.1) is 5.92 Å². The van der Waals surface area contributed by atoms with Crippen LogP contribution in [0.4, 0.5) is 19.4 Å². The van der Waals surface area contributed by atoms with E-state index in [1.807, 2.05) is 53.1 Å². The first kappa shape index (κ1) is 28.6. The number of rotatable bonds is 6. The minimum absolute atomic E-state index is 0.000391. The summed E-state index contributed by atoms with van der Waals surface area (Å²) in [6.45, 7) is 1.76. The predicted molar refractivity (Wildman–Crippen MR) is 161 cm³/mol. The SMILES string of the molecule is O=C(NCC1CCC(F)(F)CC1)NC1CCN(c2ncnc3c2nc(-c2ccccc2Cl)n3-c2ccc(Cl)cc2)CC1. The fourth-order valence-corrected chi connectivity index (χ4v) is 6.13. The summed E-state index contributed by atoms with van der Waals surface area (Å²) in [6, 6.07) is 14.8. The van der Waals surface area contributed by atoms with Gasteiger partial charge in [0.2, 0.25) is 5.92 Å². The van der Waals surface area contributed by atoms with E-state index in [2.05, 4.69) is 25.5 Å². The summed E-state index contributed by atoms with van der Waals surface area (Å²) in [5, 5.41) is 7.13. The molecule has 2 aromatic heterocycles. The molecule has 6 rings (SSSR count). The number of alkyl halides is 2. The molecule has 8 nitrogen and oxygen atoms in total. The van der Waals surface area contributed by atoms with Crippen molar-refractivity contribution >= 4 is 46.2 Å².